The van der Waals surface area contributed by atoms with Crippen LogP contribution in [0.4, 0.5) is 0 Å². The van der Waals surface area contributed by atoms with Crippen LogP contribution < -0.4 is 11.1 Å². The summed E-state index contributed by atoms with van der Waals surface area (Å²) < 4.78 is 0. The molecule has 0 amide bonds. The third-order valence-corrected chi connectivity index (χ3v) is 3.39. The van der Waals surface area contributed by atoms with Crippen LogP contribution in [0, 0.1) is 5.92 Å². The quantitative estimate of drug-likeness (QED) is 0.447. The van der Waals surface area contributed by atoms with Crippen LogP contribution in [0.1, 0.15) is 32.6 Å². The summed E-state index contributed by atoms with van der Waals surface area (Å²) in [5.74, 6) is 0.833. The first kappa shape index (κ1) is 9.93. The molecule has 14 heavy (non-hydrogen) atoms. The molecule has 0 spiro atoms. The van der Waals surface area contributed by atoms with Crippen molar-refractivity contribution >= 4 is 5.84 Å². The molecule has 4 nitrogen and oxygen atoms in total. The van der Waals surface area contributed by atoms with Crippen LogP contribution in [0.25, 0.3) is 0 Å². The lowest BCUT2D eigenvalue weighted by Crippen LogP contribution is -2.32. The second-order valence-electron chi connectivity index (χ2n) is 4.33. The Hall–Kier alpha value is -0.610. The third-order valence-electron chi connectivity index (χ3n) is 3.39. The number of nitrogens with zero attached hydrogens (tertiary/aromatic N) is 1. The number of rotatable bonds is 3. The molecule has 2 heterocycles. The maximum absolute atomic E-state index is 9.87. The van der Waals surface area contributed by atoms with Crippen molar-refractivity contribution in [1.82, 2.24) is 5.32 Å². The zero-order valence-electron chi connectivity index (χ0n) is 8.61. The van der Waals surface area contributed by atoms with Gasteiger partial charge in [-0.15, -0.1) is 0 Å². The summed E-state index contributed by atoms with van der Waals surface area (Å²) in [7, 11) is 0. The number of nitrogens with two attached hydrogens (primary N) is 1. The Labute approximate surface area is 84.6 Å². The zero-order valence-corrected chi connectivity index (χ0v) is 8.61. The fraction of sp³-hybridized carbons (Fsp3) is 0.900. The number of aliphatic hydroxyl groups excluding tert-OH is 1. The molecule has 2 bridgehead atoms. The van der Waals surface area contributed by atoms with Crippen molar-refractivity contribution in [2.24, 2.45) is 16.6 Å². The number of fused-ring (bicyclic) bond motifs is 2. The largest absolute Gasteiger partial charge is 0.387 e. The van der Waals surface area contributed by atoms with Gasteiger partial charge in [-0.1, -0.05) is 6.92 Å². The lowest BCUT2D eigenvalue weighted by Gasteiger charge is -2.22. The van der Waals surface area contributed by atoms with Crippen LogP contribution in [-0.2, 0) is 0 Å². The van der Waals surface area contributed by atoms with Gasteiger partial charge in [0.15, 0.2) is 6.23 Å². The van der Waals surface area contributed by atoms with Crippen LogP contribution >= 0.6 is 0 Å². The molecule has 4 N–H and O–H groups in total. The maximum Gasteiger partial charge on any atom is 0.151 e. The van der Waals surface area contributed by atoms with Gasteiger partial charge in [0, 0.05) is 24.4 Å². The Bertz CT molecular complexity index is 242. The highest BCUT2D eigenvalue weighted by Crippen LogP contribution is 2.35. The van der Waals surface area contributed by atoms with Crippen molar-refractivity contribution in [2.75, 3.05) is 0 Å². The van der Waals surface area contributed by atoms with Gasteiger partial charge in [0.25, 0.3) is 0 Å². The van der Waals surface area contributed by atoms with Crippen molar-refractivity contribution in [2.45, 2.75) is 50.9 Å². The minimum Gasteiger partial charge on any atom is -0.387 e. The van der Waals surface area contributed by atoms with Crippen LogP contribution in [0.15, 0.2) is 4.99 Å². The minimum atomic E-state index is -0.599. The molecule has 80 valence electrons. The number of aliphatic hydroxyl groups is 1. The van der Waals surface area contributed by atoms with Crippen LogP contribution in [0.5, 0.6) is 0 Å². The summed E-state index contributed by atoms with van der Waals surface area (Å²) >= 11 is 0. The summed E-state index contributed by atoms with van der Waals surface area (Å²) in [5.41, 5.74) is 5.61. The zero-order chi connectivity index (χ0) is 10.1. The Morgan fingerprint density at radius 3 is 2.93 bits per heavy atom. The molecule has 2 aliphatic heterocycles. The van der Waals surface area contributed by atoms with Crippen molar-refractivity contribution < 1.29 is 5.11 Å². The fourth-order valence-electron chi connectivity index (χ4n) is 2.55. The number of nitrogens with one attached hydrogen (secondary N) is 1. The molecule has 2 aliphatic rings. The predicted molar refractivity (Wildman–Crippen MR) is 56.0 cm³/mol. The van der Waals surface area contributed by atoms with Crippen molar-refractivity contribution in [3.63, 3.8) is 0 Å². The van der Waals surface area contributed by atoms with E-state index in [0.29, 0.717) is 24.3 Å². The van der Waals surface area contributed by atoms with Gasteiger partial charge in [0.1, 0.15) is 0 Å². The smallest absolute Gasteiger partial charge is 0.151 e. The first-order valence-electron chi connectivity index (χ1n) is 5.47. The van der Waals surface area contributed by atoms with Gasteiger partial charge in [0.05, 0.1) is 5.84 Å². The van der Waals surface area contributed by atoms with Gasteiger partial charge in [-0.25, -0.2) is 4.99 Å². The van der Waals surface area contributed by atoms with E-state index in [1.165, 1.54) is 12.8 Å². The van der Waals surface area contributed by atoms with E-state index >= 15 is 0 Å². The molecule has 0 aromatic heterocycles. The minimum absolute atomic E-state index is 0.277. The Morgan fingerprint density at radius 1 is 1.64 bits per heavy atom. The molecular formula is C10H19N3O. The molecule has 4 unspecified atom stereocenters. The van der Waals surface area contributed by atoms with Crippen LogP contribution in [0.2, 0.25) is 0 Å². The summed E-state index contributed by atoms with van der Waals surface area (Å²) in [6, 6.07) is 1.07. The Morgan fingerprint density at radius 2 is 2.43 bits per heavy atom. The highest BCUT2D eigenvalue weighted by molar-refractivity contribution is 5.80. The van der Waals surface area contributed by atoms with Gasteiger partial charge in [-0.2, -0.15) is 0 Å². The SMILES string of the molecule is CCC(N)=NC(O)C1CC2CCC1N2. The molecule has 2 fully saturated rings. The number of aliphatic imine (C=N–C) groups is 1. The highest BCUT2D eigenvalue weighted by atomic mass is 16.3. The van der Waals surface area contributed by atoms with Crippen LogP contribution in [0.3, 0.4) is 0 Å². The lowest BCUT2D eigenvalue weighted by atomic mass is 9.88. The van der Waals surface area contributed by atoms with Crippen molar-refractivity contribution in [3.8, 4) is 0 Å². The van der Waals surface area contributed by atoms with Gasteiger partial charge in [0.2, 0.25) is 0 Å². The second-order valence-corrected chi connectivity index (χ2v) is 4.33. The Kier molecular flexibility index (Phi) is 2.74. The lowest BCUT2D eigenvalue weighted by molar-refractivity contribution is 0.101. The summed E-state index contributed by atoms with van der Waals surface area (Å²) in [5, 5.41) is 13.3. The predicted octanol–water partition coefficient (Wildman–Crippen LogP) is 0.212. The number of hydrogen-bond acceptors (Lipinski definition) is 3. The van der Waals surface area contributed by atoms with E-state index in [-0.39, 0.29) is 5.92 Å². The molecule has 0 aromatic carbocycles. The van der Waals surface area contributed by atoms with E-state index in [4.69, 9.17) is 5.73 Å². The van der Waals surface area contributed by atoms with Gasteiger partial charge in [-0.3, -0.25) is 0 Å². The first-order valence-corrected chi connectivity index (χ1v) is 5.47. The third kappa shape index (κ3) is 1.77. The molecular weight excluding hydrogens is 178 g/mol. The van der Waals surface area contributed by atoms with E-state index < -0.39 is 6.23 Å². The summed E-state index contributed by atoms with van der Waals surface area (Å²) in [4.78, 5) is 4.11. The average Bonchev–Trinajstić information content (AvgIpc) is 2.78. The molecule has 4 heteroatoms. The number of hydrogen-bond donors (Lipinski definition) is 3. The van der Waals surface area contributed by atoms with Gasteiger partial charge in [-0.05, 0) is 19.3 Å². The van der Waals surface area contributed by atoms with E-state index in [2.05, 4.69) is 10.3 Å². The first-order chi connectivity index (χ1) is 6.70. The van der Waals surface area contributed by atoms with Crippen molar-refractivity contribution in [3.05, 3.63) is 0 Å². The second kappa shape index (κ2) is 3.87. The monoisotopic (exact) mass is 197 g/mol. The number of amidine groups is 1. The average molecular weight is 197 g/mol. The standard InChI is InChI=1S/C10H19N3O/c1-2-9(11)13-10(14)7-5-6-3-4-8(7)12-6/h6-8,10,12,14H,2-5H2,1H3,(H2,11,13). The Balaban J connectivity index is 1.96. The summed E-state index contributed by atoms with van der Waals surface area (Å²) in [6.07, 6.45) is 3.59. The van der Waals surface area contributed by atoms with E-state index in [1.807, 2.05) is 6.92 Å². The summed E-state index contributed by atoms with van der Waals surface area (Å²) in [6.45, 7) is 1.95. The molecule has 2 saturated heterocycles. The molecule has 0 saturated carbocycles. The maximum atomic E-state index is 9.87. The fourth-order valence-corrected chi connectivity index (χ4v) is 2.55. The van der Waals surface area contributed by atoms with E-state index in [1.54, 1.807) is 0 Å². The van der Waals surface area contributed by atoms with Crippen molar-refractivity contribution in [1.29, 1.82) is 0 Å². The van der Waals surface area contributed by atoms with Crippen LogP contribution in [-0.4, -0.2) is 29.3 Å². The molecule has 0 radical (unpaired) electrons. The van der Waals surface area contributed by atoms with E-state index in [9.17, 15) is 5.11 Å². The molecule has 4 atom stereocenters. The molecule has 2 rings (SSSR count). The molecule has 0 aromatic rings. The van der Waals surface area contributed by atoms with Gasteiger partial charge >= 0.3 is 0 Å². The van der Waals surface area contributed by atoms with E-state index in [0.717, 1.165) is 6.42 Å². The van der Waals surface area contributed by atoms with Gasteiger partial charge < -0.3 is 16.2 Å². The molecule has 0 aliphatic carbocycles. The normalized spacial score (nSPS) is 39.0. The highest BCUT2D eigenvalue weighted by Gasteiger charge is 2.42. The topological polar surface area (TPSA) is 70.6 Å².